The summed E-state index contributed by atoms with van der Waals surface area (Å²) in [6.07, 6.45) is 9.69. The second-order valence-corrected chi connectivity index (χ2v) is 14.2. The highest BCUT2D eigenvalue weighted by atomic mass is 35.5. The molecule has 4 aromatic rings. The lowest BCUT2D eigenvalue weighted by Crippen LogP contribution is -2.52. The number of aromatic nitrogens is 4. The molecule has 1 atom stereocenters. The molecule has 3 fully saturated rings. The van der Waals surface area contributed by atoms with E-state index in [0.717, 1.165) is 89.4 Å². The number of nitrogens with zero attached hydrogens (tertiary/aromatic N) is 6. The molecule has 1 unspecified atom stereocenters. The quantitative estimate of drug-likeness (QED) is 0.252. The third kappa shape index (κ3) is 8.13. The molecule has 7 heterocycles. The molecule has 8 rings (SSSR count). The highest BCUT2D eigenvalue weighted by Crippen LogP contribution is 2.33. The molecule has 4 aromatic heterocycles. The predicted molar refractivity (Wildman–Crippen MR) is 193 cm³/mol. The number of allylic oxidation sites excluding steroid dienone is 1. The van der Waals surface area contributed by atoms with Crippen LogP contribution in [0.5, 0.6) is 0 Å². The molecular formula is C37H51ClN8O2. The van der Waals surface area contributed by atoms with Crippen molar-refractivity contribution in [1.29, 1.82) is 0 Å². The first kappa shape index (κ1) is 33.7. The Hall–Kier alpha value is -2.83. The summed E-state index contributed by atoms with van der Waals surface area (Å²) < 4.78 is 10.8. The van der Waals surface area contributed by atoms with E-state index in [1.165, 1.54) is 66.2 Å². The van der Waals surface area contributed by atoms with Gasteiger partial charge in [-0.3, -0.25) is 24.6 Å². The smallest absolute Gasteiger partial charge is 0.138 e. The Morgan fingerprint density at radius 2 is 1.38 bits per heavy atom. The van der Waals surface area contributed by atoms with Crippen LogP contribution in [0.25, 0.3) is 27.4 Å². The van der Waals surface area contributed by atoms with Crippen LogP contribution in [0.3, 0.4) is 0 Å². The number of pyridine rings is 2. The Kier molecular flexibility index (Phi) is 11.1. The fourth-order valence-electron chi connectivity index (χ4n) is 7.60. The van der Waals surface area contributed by atoms with Gasteiger partial charge in [-0.05, 0) is 62.9 Å². The molecule has 3 saturated heterocycles. The average molecular weight is 675 g/mol. The van der Waals surface area contributed by atoms with Crippen molar-refractivity contribution in [2.24, 2.45) is 0 Å². The number of ether oxygens (including phenoxy) is 2. The number of rotatable bonds is 7. The molecule has 10 nitrogen and oxygen atoms in total. The number of hydrogen-bond acceptors (Lipinski definition) is 8. The molecule has 0 bridgehead atoms. The molecule has 48 heavy (non-hydrogen) atoms. The number of H-pyrrole nitrogens is 2. The van der Waals surface area contributed by atoms with Crippen LogP contribution >= 0.6 is 11.6 Å². The van der Waals surface area contributed by atoms with E-state index in [1.54, 1.807) is 6.20 Å². The van der Waals surface area contributed by atoms with Gasteiger partial charge in [0.25, 0.3) is 0 Å². The zero-order chi connectivity index (χ0) is 32.9. The summed E-state index contributed by atoms with van der Waals surface area (Å²) in [5.41, 5.74) is 7.33. The van der Waals surface area contributed by atoms with Crippen LogP contribution in [-0.2, 0) is 22.6 Å². The molecular weight excluding hydrogens is 624 g/mol. The van der Waals surface area contributed by atoms with Crippen LogP contribution in [0.1, 0.15) is 50.2 Å². The van der Waals surface area contributed by atoms with Crippen LogP contribution in [0.15, 0.2) is 42.7 Å². The number of aromatic amines is 2. The first-order valence-corrected chi connectivity index (χ1v) is 18.2. The van der Waals surface area contributed by atoms with Crippen LogP contribution in [0.2, 0.25) is 5.15 Å². The summed E-state index contributed by atoms with van der Waals surface area (Å²) in [6, 6.07) is 9.83. The second kappa shape index (κ2) is 15.8. The van der Waals surface area contributed by atoms with E-state index in [9.17, 15) is 0 Å². The summed E-state index contributed by atoms with van der Waals surface area (Å²) in [5.74, 6) is 0. The van der Waals surface area contributed by atoms with Gasteiger partial charge < -0.3 is 19.4 Å². The van der Waals surface area contributed by atoms with Crippen molar-refractivity contribution >= 4 is 39.0 Å². The van der Waals surface area contributed by atoms with Gasteiger partial charge in [0.2, 0.25) is 0 Å². The molecule has 2 N–H and O–H groups in total. The summed E-state index contributed by atoms with van der Waals surface area (Å²) >= 11 is 6.05. The molecule has 0 amide bonds. The summed E-state index contributed by atoms with van der Waals surface area (Å²) in [4.78, 5) is 26.1. The van der Waals surface area contributed by atoms with Gasteiger partial charge in [0.05, 0.1) is 37.6 Å². The summed E-state index contributed by atoms with van der Waals surface area (Å²) in [6.45, 7) is 18.7. The van der Waals surface area contributed by atoms with Gasteiger partial charge >= 0.3 is 0 Å². The molecule has 4 aliphatic rings. The monoisotopic (exact) mass is 674 g/mol. The first-order chi connectivity index (χ1) is 23.5. The van der Waals surface area contributed by atoms with Crippen molar-refractivity contribution in [2.45, 2.75) is 58.3 Å². The van der Waals surface area contributed by atoms with Crippen molar-refractivity contribution < 1.29 is 9.47 Å². The zero-order valence-electron chi connectivity index (χ0n) is 28.6. The molecule has 0 radical (unpaired) electrons. The van der Waals surface area contributed by atoms with Crippen LogP contribution in [0.4, 0.5) is 0 Å². The predicted octanol–water partition coefficient (Wildman–Crippen LogP) is 5.41. The van der Waals surface area contributed by atoms with Gasteiger partial charge in [0.1, 0.15) is 5.15 Å². The maximum Gasteiger partial charge on any atom is 0.138 e. The van der Waals surface area contributed by atoms with E-state index in [2.05, 4.69) is 72.7 Å². The van der Waals surface area contributed by atoms with Crippen LogP contribution < -0.4 is 0 Å². The van der Waals surface area contributed by atoms with Crippen LogP contribution in [0, 0.1) is 0 Å². The van der Waals surface area contributed by atoms with Gasteiger partial charge in [-0.2, -0.15) is 0 Å². The van der Waals surface area contributed by atoms with Crippen molar-refractivity contribution in [3.05, 3.63) is 65.0 Å². The normalized spacial score (nSPS) is 22.2. The Balaban J connectivity index is 0.000000180. The fourth-order valence-corrected chi connectivity index (χ4v) is 7.81. The Morgan fingerprint density at radius 3 is 1.94 bits per heavy atom. The standard InChI is InChI=1S/C25H37N5O.C12H14ClN3O/c1-19(2)29-9-11-30(12-10-29)22-5-3-20(4-6-22)25-23-17-21(27-24(23)7-8-26-25)18-28-13-15-31-16-14-28;13-12-10-7-9(15-11(10)1-2-14-12)8-16-3-5-17-6-4-16/h3,7-8,17,19,22,27H,4-6,9-16,18H2,1-2H3;1-2,7,15H,3-6,8H2. The lowest BCUT2D eigenvalue weighted by molar-refractivity contribution is 0.0337. The average Bonchev–Trinajstić information content (AvgIpc) is 3.74. The van der Waals surface area contributed by atoms with Gasteiger partial charge in [-0.15, -0.1) is 0 Å². The maximum atomic E-state index is 6.05. The molecule has 0 aromatic carbocycles. The number of nitrogens with one attached hydrogen (secondary N) is 2. The topological polar surface area (TPSA) is 88.8 Å². The number of fused-ring (bicyclic) bond motifs is 2. The third-order valence-corrected chi connectivity index (χ3v) is 10.7. The lowest BCUT2D eigenvalue weighted by atomic mass is 9.90. The molecule has 1 aliphatic carbocycles. The van der Waals surface area contributed by atoms with E-state index in [-0.39, 0.29) is 0 Å². The SMILES string of the molecule is CC(C)N1CCN(C2CC=C(c3nccc4[nH]c(CN5CCOCC5)cc34)CC2)CC1.Clc1nccc2[nH]c(CN3CCOCC3)cc12. The van der Waals surface area contributed by atoms with Crippen molar-refractivity contribution in [2.75, 3.05) is 78.8 Å². The minimum Gasteiger partial charge on any atom is -0.379 e. The largest absolute Gasteiger partial charge is 0.379 e. The fraction of sp³-hybridized carbons (Fsp3) is 0.568. The summed E-state index contributed by atoms with van der Waals surface area (Å²) in [5, 5.41) is 2.84. The molecule has 11 heteroatoms. The van der Waals surface area contributed by atoms with Crippen molar-refractivity contribution in [1.82, 2.24) is 39.5 Å². The molecule has 258 valence electrons. The van der Waals surface area contributed by atoms with E-state index in [1.807, 2.05) is 12.3 Å². The Morgan fingerprint density at radius 1 is 0.792 bits per heavy atom. The molecule has 0 saturated carbocycles. The van der Waals surface area contributed by atoms with E-state index >= 15 is 0 Å². The second-order valence-electron chi connectivity index (χ2n) is 13.9. The van der Waals surface area contributed by atoms with Gasteiger partial charge in [0, 0.05) is 118 Å². The number of piperazine rings is 1. The first-order valence-electron chi connectivity index (χ1n) is 17.9. The highest BCUT2D eigenvalue weighted by molar-refractivity contribution is 6.34. The van der Waals surface area contributed by atoms with Gasteiger partial charge in [0.15, 0.2) is 0 Å². The lowest BCUT2D eigenvalue weighted by Gasteiger charge is -2.41. The van der Waals surface area contributed by atoms with E-state index in [0.29, 0.717) is 17.2 Å². The minimum absolute atomic E-state index is 0.562. The van der Waals surface area contributed by atoms with Gasteiger partial charge in [-0.25, -0.2) is 4.98 Å². The maximum absolute atomic E-state index is 6.05. The number of hydrogen-bond donors (Lipinski definition) is 2. The summed E-state index contributed by atoms with van der Waals surface area (Å²) in [7, 11) is 0. The Labute approximate surface area is 289 Å². The third-order valence-electron chi connectivity index (χ3n) is 10.4. The van der Waals surface area contributed by atoms with E-state index < -0.39 is 0 Å². The Bertz CT molecular complexity index is 1660. The molecule has 0 spiro atoms. The zero-order valence-corrected chi connectivity index (χ0v) is 29.4. The highest BCUT2D eigenvalue weighted by Gasteiger charge is 2.27. The van der Waals surface area contributed by atoms with Gasteiger partial charge in [-0.1, -0.05) is 17.7 Å². The van der Waals surface area contributed by atoms with Crippen molar-refractivity contribution in [3.63, 3.8) is 0 Å². The van der Waals surface area contributed by atoms with E-state index in [4.69, 9.17) is 26.1 Å². The van der Waals surface area contributed by atoms with Crippen molar-refractivity contribution in [3.8, 4) is 0 Å². The van der Waals surface area contributed by atoms with Crippen LogP contribution in [-0.4, -0.2) is 130 Å². The number of morpholine rings is 2. The molecule has 3 aliphatic heterocycles. The minimum atomic E-state index is 0.562. The number of halogens is 1.